The zero-order chi connectivity index (χ0) is 13.1. The van der Waals surface area contributed by atoms with E-state index in [-0.39, 0.29) is 5.91 Å². The van der Waals surface area contributed by atoms with Crippen LogP contribution < -0.4 is 10.6 Å². The number of nitrogens with one attached hydrogen (secondary N) is 2. The van der Waals surface area contributed by atoms with Crippen LogP contribution in [0.25, 0.3) is 0 Å². The van der Waals surface area contributed by atoms with Gasteiger partial charge in [0.05, 0.1) is 5.57 Å². The predicted molar refractivity (Wildman–Crippen MR) is 77.2 cm³/mol. The fourth-order valence-corrected chi connectivity index (χ4v) is 1.65. The number of thiocarbonyl (C=S) groups is 1. The Morgan fingerprint density at radius 1 is 1.24 bits per heavy atom. The maximum atomic E-state index is 11.9. The van der Waals surface area contributed by atoms with Crippen molar-refractivity contribution in [1.29, 1.82) is 0 Å². The number of likely N-dealkylation sites (N-methyl/N-ethyl adjacent to an activating group) is 1. The molecule has 0 aromatic carbocycles. The van der Waals surface area contributed by atoms with Crippen LogP contribution in [0.3, 0.4) is 0 Å². The van der Waals surface area contributed by atoms with Crippen LogP contribution in [-0.2, 0) is 4.79 Å². The molecule has 0 heterocycles. The highest BCUT2D eigenvalue weighted by Gasteiger charge is 2.11. The summed E-state index contributed by atoms with van der Waals surface area (Å²) in [5, 5.41) is 5.75. The van der Waals surface area contributed by atoms with Crippen molar-refractivity contribution in [2.45, 2.75) is 46.0 Å². The van der Waals surface area contributed by atoms with Crippen molar-refractivity contribution in [2.75, 3.05) is 13.6 Å². The van der Waals surface area contributed by atoms with E-state index < -0.39 is 0 Å². The SMILES string of the molecule is CC/C=C(/C(=O)NCCCCCC)C(=S)NC. The second-order valence-corrected chi connectivity index (χ2v) is 4.33. The second-order valence-electron chi connectivity index (χ2n) is 3.92. The van der Waals surface area contributed by atoms with Crippen molar-refractivity contribution < 1.29 is 4.79 Å². The highest BCUT2D eigenvalue weighted by atomic mass is 32.1. The number of unbranched alkanes of at least 4 members (excludes halogenated alkanes) is 3. The molecule has 98 valence electrons. The molecule has 0 unspecified atom stereocenters. The Hall–Kier alpha value is -0.900. The van der Waals surface area contributed by atoms with Crippen molar-refractivity contribution in [2.24, 2.45) is 0 Å². The van der Waals surface area contributed by atoms with E-state index in [2.05, 4.69) is 17.6 Å². The Bertz CT molecular complexity index is 275. The Morgan fingerprint density at radius 3 is 2.47 bits per heavy atom. The van der Waals surface area contributed by atoms with Gasteiger partial charge in [-0.15, -0.1) is 0 Å². The minimum Gasteiger partial charge on any atom is -0.379 e. The molecule has 0 aromatic heterocycles. The number of rotatable bonds is 8. The monoisotopic (exact) mass is 256 g/mol. The van der Waals surface area contributed by atoms with Crippen LogP contribution in [0.4, 0.5) is 0 Å². The first kappa shape index (κ1) is 16.1. The number of hydrogen-bond acceptors (Lipinski definition) is 2. The highest BCUT2D eigenvalue weighted by Crippen LogP contribution is 2.01. The maximum Gasteiger partial charge on any atom is 0.253 e. The van der Waals surface area contributed by atoms with Gasteiger partial charge in [0.2, 0.25) is 0 Å². The normalized spacial score (nSPS) is 11.1. The summed E-state index contributed by atoms with van der Waals surface area (Å²) in [5.41, 5.74) is 0.584. The Balaban J connectivity index is 4.08. The minimum atomic E-state index is -0.0669. The first-order chi connectivity index (χ1) is 8.17. The van der Waals surface area contributed by atoms with E-state index in [0.717, 1.165) is 19.4 Å². The zero-order valence-electron chi connectivity index (χ0n) is 11.1. The van der Waals surface area contributed by atoms with Crippen LogP contribution in [0.15, 0.2) is 11.6 Å². The molecule has 4 heteroatoms. The van der Waals surface area contributed by atoms with E-state index >= 15 is 0 Å². The van der Waals surface area contributed by atoms with Crippen LogP contribution >= 0.6 is 12.2 Å². The fraction of sp³-hybridized carbons (Fsp3) is 0.692. The van der Waals surface area contributed by atoms with Crippen molar-refractivity contribution in [3.63, 3.8) is 0 Å². The molecular weight excluding hydrogens is 232 g/mol. The summed E-state index contributed by atoms with van der Waals surface area (Å²) in [7, 11) is 1.74. The van der Waals surface area contributed by atoms with Gasteiger partial charge in [-0.05, 0) is 12.8 Å². The van der Waals surface area contributed by atoms with E-state index in [0.29, 0.717) is 10.6 Å². The lowest BCUT2D eigenvalue weighted by Crippen LogP contribution is -2.32. The number of allylic oxidation sites excluding steroid dienone is 1. The molecule has 0 atom stereocenters. The molecule has 0 aliphatic carbocycles. The van der Waals surface area contributed by atoms with E-state index in [4.69, 9.17) is 12.2 Å². The summed E-state index contributed by atoms with van der Waals surface area (Å²) < 4.78 is 0. The lowest BCUT2D eigenvalue weighted by atomic mass is 10.2. The highest BCUT2D eigenvalue weighted by molar-refractivity contribution is 7.80. The molecular formula is C13H24N2OS. The summed E-state index contributed by atoms with van der Waals surface area (Å²) >= 11 is 5.10. The maximum absolute atomic E-state index is 11.9. The Morgan fingerprint density at radius 2 is 1.94 bits per heavy atom. The molecule has 0 fully saturated rings. The van der Waals surface area contributed by atoms with Gasteiger partial charge in [0.1, 0.15) is 4.99 Å². The standard InChI is InChI=1S/C13H24N2OS/c1-4-6-7-8-10-15-12(16)11(9-5-2)13(17)14-3/h9H,4-8,10H2,1-3H3,(H,14,17)(H,15,16)/b11-9-. The van der Waals surface area contributed by atoms with Gasteiger partial charge in [-0.25, -0.2) is 0 Å². The average Bonchev–Trinajstić information content (AvgIpc) is 2.34. The molecule has 17 heavy (non-hydrogen) atoms. The first-order valence-electron chi connectivity index (χ1n) is 6.37. The van der Waals surface area contributed by atoms with Gasteiger partial charge in [0.15, 0.2) is 0 Å². The van der Waals surface area contributed by atoms with E-state index in [1.165, 1.54) is 19.3 Å². The van der Waals surface area contributed by atoms with Gasteiger partial charge in [0, 0.05) is 13.6 Å². The van der Waals surface area contributed by atoms with Gasteiger partial charge in [-0.2, -0.15) is 0 Å². The van der Waals surface area contributed by atoms with Crippen LogP contribution in [0.1, 0.15) is 46.0 Å². The zero-order valence-corrected chi connectivity index (χ0v) is 12.0. The first-order valence-corrected chi connectivity index (χ1v) is 6.78. The third-order valence-electron chi connectivity index (χ3n) is 2.44. The molecule has 2 N–H and O–H groups in total. The molecule has 0 radical (unpaired) electrons. The van der Waals surface area contributed by atoms with Crippen molar-refractivity contribution >= 4 is 23.1 Å². The quantitative estimate of drug-likeness (QED) is 0.398. The van der Waals surface area contributed by atoms with Gasteiger partial charge < -0.3 is 10.6 Å². The molecule has 0 aliphatic heterocycles. The van der Waals surface area contributed by atoms with Gasteiger partial charge in [-0.1, -0.05) is 51.4 Å². The summed E-state index contributed by atoms with van der Waals surface area (Å²) in [5.74, 6) is -0.0669. The number of carbonyl (C=O) groups excluding carboxylic acids is 1. The molecule has 0 aromatic rings. The smallest absolute Gasteiger partial charge is 0.253 e. The number of amides is 1. The summed E-state index contributed by atoms with van der Waals surface area (Å²) in [4.78, 5) is 12.4. The number of carbonyl (C=O) groups is 1. The third kappa shape index (κ3) is 7.10. The third-order valence-corrected chi connectivity index (χ3v) is 2.86. The summed E-state index contributed by atoms with van der Waals surface area (Å²) in [6, 6.07) is 0. The fourth-order valence-electron chi connectivity index (χ4n) is 1.48. The lowest BCUT2D eigenvalue weighted by Gasteiger charge is -2.09. The van der Waals surface area contributed by atoms with Crippen LogP contribution in [0, 0.1) is 0 Å². The Kier molecular flexibility index (Phi) is 9.72. The minimum absolute atomic E-state index is 0.0669. The van der Waals surface area contributed by atoms with Crippen LogP contribution in [0.5, 0.6) is 0 Å². The van der Waals surface area contributed by atoms with Crippen molar-refractivity contribution in [3.05, 3.63) is 11.6 Å². The summed E-state index contributed by atoms with van der Waals surface area (Å²) in [6.45, 7) is 4.89. The van der Waals surface area contributed by atoms with E-state index in [9.17, 15) is 4.79 Å². The van der Waals surface area contributed by atoms with Crippen LogP contribution in [0.2, 0.25) is 0 Å². The van der Waals surface area contributed by atoms with Crippen molar-refractivity contribution in [3.8, 4) is 0 Å². The summed E-state index contributed by atoms with van der Waals surface area (Å²) in [6.07, 6.45) is 7.30. The van der Waals surface area contributed by atoms with Gasteiger partial charge >= 0.3 is 0 Å². The molecule has 0 saturated heterocycles. The molecule has 1 amide bonds. The second kappa shape index (κ2) is 10.3. The predicted octanol–water partition coefficient (Wildman–Crippen LogP) is 2.57. The molecule has 0 spiro atoms. The van der Waals surface area contributed by atoms with Crippen molar-refractivity contribution in [1.82, 2.24) is 10.6 Å². The van der Waals surface area contributed by atoms with E-state index in [1.807, 2.05) is 13.0 Å². The molecule has 0 bridgehead atoms. The molecule has 3 nitrogen and oxygen atoms in total. The van der Waals surface area contributed by atoms with E-state index in [1.54, 1.807) is 7.05 Å². The molecule has 0 aliphatic rings. The molecule has 0 rings (SSSR count). The largest absolute Gasteiger partial charge is 0.379 e. The lowest BCUT2D eigenvalue weighted by molar-refractivity contribution is -0.117. The average molecular weight is 256 g/mol. The van der Waals surface area contributed by atoms with Gasteiger partial charge in [0.25, 0.3) is 5.91 Å². The van der Waals surface area contributed by atoms with Gasteiger partial charge in [-0.3, -0.25) is 4.79 Å². The van der Waals surface area contributed by atoms with Crippen LogP contribution in [-0.4, -0.2) is 24.5 Å². The number of hydrogen-bond donors (Lipinski definition) is 2. The topological polar surface area (TPSA) is 41.1 Å². The Labute approximate surface area is 110 Å². The molecule has 0 saturated carbocycles.